The number of sulfonamides is 1. The number of hydrogen-bond donors (Lipinski definition) is 0. The molecule has 0 aromatic heterocycles. The van der Waals surface area contributed by atoms with E-state index in [9.17, 15) is 18.0 Å². The zero-order chi connectivity index (χ0) is 24.6. The van der Waals surface area contributed by atoms with Crippen LogP contribution in [0.25, 0.3) is 0 Å². The molecule has 0 spiro atoms. The monoisotopic (exact) mass is 495 g/mol. The third-order valence-corrected chi connectivity index (χ3v) is 9.51. The second-order valence-corrected chi connectivity index (χ2v) is 11.9. The van der Waals surface area contributed by atoms with Crippen LogP contribution in [0.5, 0.6) is 0 Å². The quantitative estimate of drug-likeness (QED) is 0.637. The van der Waals surface area contributed by atoms with Crippen LogP contribution in [0.15, 0.2) is 47.4 Å². The molecule has 1 saturated heterocycles. The van der Waals surface area contributed by atoms with Crippen molar-refractivity contribution in [2.45, 2.75) is 56.9 Å². The first kappa shape index (κ1) is 24.0. The van der Waals surface area contributed by atoms with Gasteiger partial charge in [-0.15, -0.1) is 0 Å². The van der Waals surface area contributed by atoms with E-state index in [1.165, 1.54) is 5.56 Å². The summed E-state index contributed by atoms with van der Waals surface area (Å²) in [5.74, 6) is 0.626. The molecule has 1 fully saturated rings. The van der Waals surface area contributed by atoms with Gasteiger partial charge in [0, 0.05) is 51.3 Å². The summed E-state index contributed by atoms with van der Waals surface area (Å²) in [5.41, 5.74) is 3.88. The minimum Gasteiger partial charge on any atom is -0.343 e. The van der Waals surface area contributed by atoms with Gasteiger partial charge < -0.3 is 9.80 Å². The van der Waals surface area contributed by atoms with Gasteiger partial charge in [-0.3, -0.25) is 9.59 Å². The van der Waals surface area contributed by atoms with Crippen molar-refractivity contribution in [2.75, 3.05) is 31.1 Å². The molecule has 186 valence electrons. The zero-order valence-electron chi connectivity index (χ0n) is 20.3. The van der Waals surface area contributed by atoms with Gasteiger partial charge in [0.25, 0.3) is 0 Å². The molecule has 3 aliphatic rings. The largest absolute Gasteiger partial charge is 0.343 e. The molecule has 35 heavy (non-hydrogen) atoms. The number of likely N-dealkylation sites (tertiary alicyclic amines) is 1. The molecule has 0 N–H and O–H groups in total. The fourth-order valence-corrected chi connectivity index (χ4v) is 6.86. The Morgan fingerprint density at radius 2 is 1.54 bits per heavy atom. The molecule has 2 aromatic carbocycles. The molecule has 0 bridgehead atoms. The summed E-state index contributed by atoms with van der Waals surface area (Å²) in [7, 11) is -3.62. The van der Waals surface area contributed by atoms with Gasteiger partial charge in [-0.1, -0.05) is 31.2 Å². The Bertz CT molecular complexity index is 1230. The number of carbonyl (C=O) groups excluding carboxylic acids is 2. The molecule has 0 aliphatic carbocycles. The number of fused-ring (bicyclic) bond motifs is 2. The number of hydrogen-bond acceptors (Lipinski definition) is 4. The molecule has 0 saturated carbocycles. The lowest BCUT2D eigenvalue weighted by Crippen LogP contribution is -2.38. The van der Waals surface area contributed by atoms with E-state index in [1.54, 1.807) is 27.4 Å². The Morgan fingerprint density at radius 3 is 2.31 bits per heavy atom. The summed E-state index contributed by atoms with van der Waals surface area (Å²) in [6.45, 7) is 5.12. The lowest BCUT2D eigenvalue weighted by molar-refractivity contribution is -0.134. The number of benzene rings is 2. The summed E-state index contributed by atoms with van der Waals surface area (Å²) in [6.07, 6.45) is 3.77. The van der Waals surface area contributed by atoms with Gasteiger partial charge in [0.2, 0.25) is 21.8 Å². The van der Waals surface area contributed by atoms with Crippen LogP contribution in [-0.4, -0.2) is 55.6 Å². The molecular formula is C27H33N3O4S. The molecule has 8 heteroatoms. The Labute approximate surface area is 207 Å². The first-order chi connectivity index (χ1) is 16.8. The lowest BCUT2D eigenvalue weighted by Gasteiger charge is -2.30. The molecule has 0 unspecified atom stereocenters. The molecule has 2 amide bonds. The van der Waals surface area contributed by atoms with Crippen LogP contribution in [-0.2, 0) is 39.0 Å². The van der Waals surface area contributed by atoms with Gasteiger partial charge >= 0.3 is 0 Å². The van der Waals surface area contributed by atoms with Crippen LogP contribution in [0.4, 0.5) is 5.69 Å². The van der Waals surface area contributed by atoms with E-state index < -0.39 is 10.0 Å². The number of rotatable bonds is 5. The number of amides is 2. The maximum Gasteiger partial charge on any atom is 0.243 e. The Hall–Kier alpha value is -2.71. The topological polar surface area (TPSA) is 78.0 Å². The minimum absolute atomic E-state index is 0.0502. The lowest BCUT2D eigenvalue weighted by atomic mass is 9.99. The van der Waals surface area contributed by atoms with E-state index in [-0.39, 0.29) is 29.6 Å². The smallest absolute Gasteiger partial charge is 0.243 e. The molecule has 7 nitrogen and oxygen atoms in total. The summed E-state index contributed by atoms with van der Waals surface area (Å²) in [4.78, 5) is 29.3. The SMILES string of the molecule is CC1CCN(C(=O)CCC(=O)N2CCc3cc(S(=O)(=O)N4CCc5ccccc5C4)ccc32)CC1. The fraction of sp³-hybridized carbons (Fsp3) is 0.481. The van der Waals surface area contributed by atoms with Crippen LogP contribution < -0.4 is 4.90 Å². The first-order valence-electron chi connectivity index (χ1n) is 12.6. The zero-order valence-corrected chi connectivity index (χ0v) is 21.1. The summed E-state index contributed by atoms with van der Waals surface area (Å²) in [5, 5.41) is 0. The summed E-state index contributed by atoms with van der Waals surface area (Å²) in [6, 6.07) is 13.1. The molecule has 5 rings (SSSR count). The van der Waals surface area contributed by atoms with Gasteiger partial charge in [0.1, 0.15) is 0 Å². The van der Waals surface area contributed by atoms with Crippen molar-refractivity contribution in [2.24, 2.45) is 5.92 Å². The maximum atomic E-state index is 13.4. The molecule has 0 radical (unpaired) electrons. The second kappa shape index (κ2) is 9.74. The molecule has 3 heterocycles. The van der Waals surface area contributed by atoms with Gasteiger partial charge in [0.05, 0.1) is 4.90 Å². The third-order valence-electron chi connectivity index (χ3n) is 7.67. The first-order valence-corrected chi connectivity index (χ1v) is 14.0. The molecular weight excluding hydrogens is 462 g/mol. The van der Waals surface area contributed by atoms with E-state index >= 15 is 0 Å². The van der Waals surface area contributed by atoms with Crippen LogP contribution in [0, 0.1) is 5.92 Å². The normalized spacial score (nSPS) is 18.9. The molecule has 0 atom stereocenters. The van der Waals surface area contributed by atoms with Gasteiger partial charge in [-0.05, 0) is 66.5 Å². The predicted octanol–water partition coefficient (Wildman–Crippen LogP) is 3.36. The van der Waals surface area contributed by atoms with E-state index in [1.807, 2.05) is 23.1 Å². The number of nitrogens with zero attached hydrogens (tertiary/aromatic N) is 3. The minimum atomic E-state index is -3.62. The second-order valence-electron chi connectivity index (χ2n) is 10.0. The van der Waals surface area contributed by atoms with Crippen molar-refractivity contribution in [1.29, 1.82) is 0 Å². The average molecular weight is 496 g/mol. The van der Waals surface area contributed by atoms with Crippen molar-refractivity contribution in [3.8, 4) is 0 Å². The van der Waals surface area contributed by atoms with Crippen LogP contribution in [0.2, 0.25) is 0 Å². The van der Waals surface area contributed by atoms with E-state index in [0.29, 0.717) is 38.4 Å². The third kappa shape index (κ3) is 4.86. The Balaban J connectivity index is 1.24. The highest BCUT2D eigenvalue weighted by Gasteiger charge is 2.31. The maximum absolute atomic E-state index is 13.4. The van der Waals surface area contributed by atoms with Crippen LogP contribution >= 0.6 is 0 Å². The van der Waals surface area contributed by atoms with Crippen molar-refractivity contribution in [3.05, 3.63) is 59.2 Å². The number of anilines is 1. The standard InChI is InChI=1S/C27H33N3O4S/c1-20-10-14-28(15-11-20)26(31)8-9-27(32)30-17-13-22-18-24(6-7-25(22)30)35(33,34)29-16-12-21-4-2-3-5-23(21)19-29/h2-7,18,20H,8-17,19H2,1H3. The summed E-state index contributed by atoms with van der Waals surface area (Å²) < 4.78 is 28.3. The Kier molecular flexibility index (Phi) is 6.68. The average Bonchev–Trinajstić information content (AvgIpc) is 3.30. The fourth-order valence-electron chi connectivity index (χ4n) is 5.39. The predicted molar refractivity (Wildman–Crippen MR) is 134 cm³/mol. The van der Waals surface area contributed by atoms with Crippen LogP contribution in [0.3, 0.4) is 0 Å². The van der Waals surface area contributed by atoms with Crippen LogP contribution in [0.1, 0.15) is 49.3 Å². The number of piperidine rings is 1. The highest BCUT2D eigenvalue weighted by Crippen LogP contribution is 2.33. The Morgan fingerprint density at radius 1 is 0.857 bits per heavy atom. The van der Waals surface area contributed by atoms with E-state index in [2.05, 4.69) is 13.0 Å². The molecule has 3 aliphatic heterocycles. The van der Waals surface area contributed by atoms with Crippen molar-refractivity contribution in [3.63, 3.8) is 0 Å². The van der Waals surface area contributed by atoms with Gasteiger partial charge in [-0.2, -0.15) is 4.31 Å². The highest BCUT2D eigenvalue weighted by atomic mass is 32.2. The molecule has 2 aromatic rings. The van der Waals surface area contributed by atoms with E-state index in [4.69, 9.17) is 0 Å². The van der Waals surface area contributed by atoms with Crippen molar-refractivity contribution >= 4 is 27.5 Å². The summed E-state index contributed by atoms with van der Waals surface area (Å²) >= 11 is 0. The number of carbonyl (C=O) groups is 2. The van der Waals surface area contributed by atoms with Crippen molar-refractivity contribution < 1.29 is 18.0 Å². The van der Waals surface area contributed by atoms with Gasteiger partial charge in [0.15, 0.2) is 0 Å². The highest BCUT2D eigenvalue weighted by molar-refractivity contribution is 7.89. The van der Waals surface area contributed by atoms with E-state index in [0.717, 1.165) is 42.7 Å². The van der Waals surface area contributed by atoms with Crippen molar-refractivity contribution in [1.82, 2.24) is 9.21 Å². The van der Waals surface area contributed by atoms with Gasteiger partial charge in [-0.25, -0.2) is 8.42 Å².